The number of rotatable bonds is 4. The number of carboxylic acid groups (broad SMARTS) is 1. The maximum absolute atomic E-state index is 11.2. The largest absolute Gasteiger partial charge is 0.481 e. The van der Waals surface area contributed by atoms with E-state index in [4.69, 9.17) is 5.11 Å². The molecular formula is C25H42O3. The van der Waals surface area contributed by atoms with E-state index < -0.39 is 5.97 Å². The Bertz CT molecular complexity index is 603. The van der Waals surface area contributed by atoms with Gasteiger partial charge in [0.15, 0.2) is 0 Å². The van der Waals surface area contributed by atoms with Crippen molar-refractivity contribution in [3.8, 4) is 0 Å². The summed E-state index contributed by atoms with van der Waals surface area (Å²) in [6, 6.07) is 0. The van der Waals surface area contributed by atoms with Crippen LogP contribution in [-0.2, 0) is 4.79 Å². The van der Waals surface area contributed by atoms with Crippen molar-refractivity contribution in [2.45, 2.75) is 98.0 Å². The number of aliphatic carboxylic acids is 1. The summed E-state index contributed by atoms with van der Waals surface area (Å²) < 4.78 is 0. The Morgan fingerprint density at radius 1 is 1.00 bits per heavy atom. The molecular weight excluding hydrogens is 348 g/mol. The fraction of sp³-hybridized carbons (Fsp3) is 0.960. The van der Waals surface area contributed by atoms with Crippen LogP contribution < -0.4 is 0 Å². The third-order valence-electron chi connectivity index (χ3n) is 10.5. The number of carbonyl (C=O) groups is 1. The Morgan fingerprint density at radius 2 is 1.68 bits per heavy atom. The highest BCUT2D eigenvalue weighted by molar-refractivity contribution is 5.66. The van der Waals surface area contributed by atoms with E-state index in [0.29, 0.717) is 40.9 Å². The van der Waals surface area contributed by atoms with Gasteiger partial charge in [0.25, 0.3) is 0 Å². The summed E-state index contributed by atoms with van der Waals surface area (Å²) in [6.45, 7) is 9.71. The molecule has 0 bridgehead atoms. The van der Waals surface area contributed by atoms with Crippen LogP contribution in [-0.4, -0.2) is 22.3 Å². The van der Waals surface area contributed by atoms with E-state index in [1.165, 1.54) is 44.9 Å². The van der Waals surface area contributed by atoms with Crippen LogP contribution in [0.5, 0.6) is 0 Å². The second kappa shape index (κ2) is 7.29. The maximum atomic E-state index is 11.2. The van der Waals surface area contributed by atoms with Crippen LogP contribution in [0.25, 0.3) is 0 Å². The topological polar surface area (TPSA) is 57.5 Å². The molecule has 28 heavy (non-hydrogen) atoms. The zero-order valence-electron chi connectivity index (χ0n) is 18.5. The van der Waals surface area contributed by atoms with E-state index in [0.717, 1.165) is 30.6 Å². The standard InChI is InChI=1S/C25H42O3/c1-15-9-11-25(4)20-10-12-24(3)18(16(2)5-8-23(27)28)6-7-19(24)17(20)14-22(26)21(25)13-15/h15-22,26H,5-14H2,1-4H3,(H,27,28)/t15?,16?,17?,18?,19?,20?,21-,22-,24-,25-/m1/s1. The van der Waals surface area contributed by atoms with E-state index in [2.05, 4.69) is 27.7 Å². The first-order valence-corrected chi connectivity index (χ1v) is 12.1. The van der Waals surface area contributed by atoms with Crippen LogP contribution in [0, 0.1) is 52.3 Å². The third-order valence-corrected chi connectivity index (χ3v) is 10.5. The molecule has 2 N–H and O–H groups in total. The van der Waals surface area contributed by atoms with Gasteiger partial charge in [-0.2, -0.15) is 0 Å². The van der Waals surface area contributed by atoms with Gasteiger partial charge in [0, 0.05) is 6.42 Å². The zero-order valence-corrected chi connectivity index (χ0v) is 18.5. The first kappa shape index (κ1) is 20.7. The average Bonchev–Trinajstić information content (AvgIpc) is 2.99. The summed E-state index contributed by atoms with van der Waals surface area (Å²) >= 11 is 0. The molecule has 4 saturated carbocycles. The molecule has 0 aromatic carbocycles. The van der Waals surface area contributed by atoms with E-state index in [9.17, 15) is 9.90 Å². The molecule has 0 saturated heterocycles. The number of hydrogen-bond acceptors (Lipinski definition) is 2. The Hall–Kier alpha value is -0.570. The van der Waals surface area contributed by atoms with Crippen molar-refractivity contribution in [1.29, 1.82) is 0 Å². The Labute approximate surface area is 171 Å². The molecule has 0 heterocycles. The molecule has 0 aromatic rings. The summed E-state index contributed by atoms with van der Waals surface area (Å²) in [7, 11) is 0. The van der Waals surface area contributed by atoms with Crippen LogP contribution in [0.1, 0.15) is 91.9 Å². The van der Waals surface area contributed by atoms with Gasteiger partial charge in [0.05, 0.1) is 6.10 Å². The van der Waals surface area contributed by atoms with Gasteiger partial charge < -0.3 is 10.2 Å². The Balaban J connectivity index is 1.55. The van der Waals surface area contributed by atoms with Gasteiger partial charge in [0.2, 0.25) is 0 Å². The minimum atomic E-state index is -0.656. The Morgan fingerprint density at radius 3 is 2.39 bits per heavy atom. The zero-order chi connectivity index (χ0) is 20.3. The number of hydrogen-bond donors (Lipinski definition) is 2. The van der Waals surface area contributed by atoms with Crippen molar-refractivity contribution in [3.05, 3.63) is 0 Å². The second-order valence-electron chi connectivity index (χ2n) is 11.8. The molecule has 0 aliphatic heterocycles. The van der Waals surface area contributed by atoms with Gasteiger partial charge in [-0.3, -0.25) is 4.79 Å². The second-order valence-corrected chi connectivity index (χ2v) is 11.8. The molecule has 4 aliphatic rings. The lowest BCUT2D eigenvalue weighted by Crippen LogP contribution is -2.57. The van der Waals surface area contributed by atoms with Gasteiger partial charge in [-0.25, -0.2) is 0 Å². The number of fused-ring (bicyclic) bond motifs is 5. The fourth-order valence-corrected chi connectivity index (χ4v) is 9.03. The average molecular weight is 391 g/mol. The van der Waals surface area contributed by atoms with Crippen molar-refractivity contribution in [2.24, 2.45) is 52.3 Å². The van der Waals surface area contributed by atoms with E-state index in [1.54, 1.807) is 0 Å². The third kappa shape index (κ3) is 3.15. The van der Waals surface area contributed by atoms with Crippen molar-refractivity contribution in [2.75, 3.05) is 0 Å². The molecule has 4 rings (SSSR count). The van der Waals surface area contributed by atoms with Gasteiger partial charge in [0.1, 0.15) is 0 Å². The SMILES string of the molecule is CC1CC[C@]2(C)C3CC[C@]4(C)C(C(C)CCC(=O)O)CCC4C3C[C@@H](O)[C@H]2C1. The molecule has 0 radical (unpaired) electrons. The lowest BCUT2D eigenvalue weighted by Gasteiger charge is -2.62. The van der Waals surface area contributed by atoms with E-state index in [-0.39, 0.29) is 6.10 Å². The normalized spacial score (nSPS) is 51.7. The summed E-state index contributed by atoms with van der Waals surface area (Å²) in [6.07, 6.45) is 11.1. The molecule has 3 heteroatoms. The highest BCUT2D eigenvalue weighted by Crippen LogP contribution is 2.68. The predicted molar refractivity (Wildman–Crippen MR) is 112 cm³/mol. The maximum Gasteiger partial charge on any atom is 0.303 e. The first-order valence-electron chi connectivity index (χ1n) is 12.1. The van der Waals surface area contributed by atoms with Crippen LogP contribution in [0.15, 0.2) is 0 Å². The molecule has 10 atom stereocenters. The molecule has 160 valence electrons. The van der Waals surface area contributed by atoms with Crippen LogP contribution in [0.4, 0.5) is 0 Å². The molecule has 0 amide bonds. The quantitative estimate of drug-likeness (QED) is 0.642. The van der Waals surface area contributed by atoms with Gasteiger partial charge in [-0.05, 0) is 104 Å². The minimum Gasteiger partial charge on any atom is -0.481 e. The van der Waals surface area contributed by atoms with Gasteiger partial charge in [-0.15, -0.1) is 0 Å². The van der Waals surface area contributed by atoms with Crippen molar-refractivity contribution in [1.82, 2.24) is 0 Å². The van der Waals surface area contributed by atoms with E-state index >= 15 is 0 Å². The summed E-state index contributed by atoms with van der Waals surface area (Å²) in [4.78, 5) is 11.1. The lowest BCUT2D eigenvalue weighted by atomic mass is 9.43. The summed E-state index contributed by atoms with van der Waals surface area (Å²) in [5.41, 5.74) is 0.688. The van der Waals surface area contributed by atoms with Crippen LogP contribution in [0.2, 0.25) is 0 Å². The monoisotopic (exact) mass is 390 g/mol. The smallest absolute Gasteiger partial charge is 0.303 e. The molecule has 4 fully saturated rings. The number of carboxylic acids is 1. The van der Waals surface area contributed by atoms with Crippen molar-refractivity contribution < 1.29 is 15.0 Å². The Kier molecular flexibility index (Phi) is 5.39. The first-order chi connectivity index (χ1) is 13.2. The lowest BCUT2D eigenvalue weighted by molar-refractivity contribution is -0.165. The van der Waals surface area contributed by atoms with Crippen molar-refractivity contribution in [3.63, 3.8) is 0 Å². The highest BCUT2D eigenvalue weighted by Gasteiger charge is 2.62. The van der Waals surface area contributed by atoms with Crippen molar-refractivity contribution >= 4 is 5.97 Å². The van der Waals surface area contributed by atoms with Gasteiger partial charge >= 0.3 is 5.97 Å². The molecule has 3 nitrogen and oxygen atoms in total. The molecule has 0 spiro atoms. The summed E-state index contributed by atoms with van der Waals surface area (Å²) in [5, 5.41) is 20.3. The fourth-order valence-electron chi connectivity index (χ4n) is 9.03. The highest BCUT2D eigenvalue weighted by atomic mass is 16.4. The minimum absolute atomic E-state index is 0.111. The number of aliphatic hydroxyl groups is 1. The van der Waals surface area contributed by atoms with Crippen LogP contribution in [0.3, 0.4) is 0 Å². The predicted octanol–water partition coefficient (Wildman–Crippen LogP) is 5.75. The molecule has 6 unspecified atom stereocenters. The molecule has 4 aliphatic carbocycles. The van der Waals surface area contributed by atoms with Crippen LogP contribution >= 0.6 is 0 Å². The number of aliphatic hydroxyl groups excluding tert-OH is 1. The molecule has 0 aromatic heterocycles. The summed E-state index contributed by atoms with van der Waals surface area (Å²) in [5.74, 6) is 3.98. The van der Waals surface area contributed by atoms with Gasteiger partial charge in [-0.1, -0.05) is 34.1 Å². The van der Waals surface area contributed by atoms with E-state index in [1.807, 2.05) is 0 Å².